The molecule has 228 valence electrons. The highest BCUT2D eigenvalue weighted by Gasteiger charge is 2.12. The lowest BCUT2D eigenvalue weighted by atomic mass is 9.88. The second-order valence-electron chi connectivity index (χ2n) is 11.5. The fraction of sp³-hybridized carbons (Fsp3) is 0.122. The summed E-state index contributed by atoms with van der Waals surface area (Å²) in [6, 6.07) is 51.9. The van der Waals surface area contributed by atoms with Gasteiger partial charge in [-0.05, 0) is 85.9 Å². The van der Waals surface area contributed by atoms with Gasteiger partial charge in [0.15, 0.2) is 0 Å². The standard InChI is InChI=1S/C20H17N.C19H15N.C2H7BO2/c1-2-15-12-13-20-18(14-15)17-10-6-7-11-19(17)21(20)16-8-4-3-5-9-16;1-14-11-12-19-17(13-14)16-9-5-6-10-18(16)20(19)15-7-3-2-4-8-15;1-2-3(4)5/h3-14H,2H2,1H3;2-13H,1H3;4-5H,2H2,1H3. The van der Waals surface area contributed by atoms with Gasteiger partial charge in [0.2, 0.25) is 0 Å². The molecule has 0 aliphatic heterocycles. The molecule has 0 atom stereocenters. The third-order valence-corrected chi connectivity index (χ3v) is 8.37. The molecule has 0 bridgehead atoms. The van der Waals surface area contributed by atoms with Crippen LogP contribution in [0, 0.1) is 6.92 Å². The Balaban J connectivity index is 0.000000142. The third-order valence-electron chi connectivity index (χ3n) is 8.37. The summed E-state index contributed by atoms with van der Waals surface area (Å²) in [6.45, 7) is 6.05. The zero-order chi connectivity index (χ0) is 32.0. The zero-order valence-electron chi connectivity index (χ0n) is 26.6. The minimum atomic E-state index is -1.12. The van der Waals surface area contributed by atoms with E-state index in [0.717, 1.165) is 6.42 Å². The highest BCUT2D eigenvalue weighted by atomic mass is 16.4. The van der Waals surface area contributed by atoms with Crippen molar-refractivity contribution < 1.29 is 10.0 Å². The molecule has 0 aliphatic carbocycles. The van der Waals surface area contributed by atoms with Gasteiger partial charge in [-0.2, -0.15) is 0 Å². The zero-order valence-corrected chi connectivity index (χ0v) is 26.6. The number of benzene rings is 6. The summed E-state index contributed by atoms with van der Waals surface area (Å²) in [4.78, 5) is 0. The summed E-state index contributed by atoms with van der Waals surface area (Å²) in [5.41, 5.74) is 10.2. The summed E-state index contributed by atoms with van der Waals surface area (Å²) in [6.07, 6.45) is 1.49. The molecule has 5 heteroatoms. The second kappa shape index (κ2) is 13.9. The number of hydrogen-bond donors (Lipinski definition) is 2. The first-order valence-corrected chi connectivity index (χ1v) is 16.0. The van der Waals surface area contributed by atoms with Crippen LogP contribution in [0.15, 0.2) is 146 Å². The van der Waals surface area contributed by atoms with E-state index in [-0.39, 0.29) is 0 Å². The van der Waals surface area contributed by atoms with Crippen LogP contribution in [0.4, 0.5) is 0 Å². The topological polar surface area (TPSA) is 50.3 Å². The van der Waals surface area contributed by atoms with Gasteiger partial charge in [-0.3, -0.25) is 0 Å². The van der Waals surface area contributed by atoms with Gasteiger partial charge in [0.05, 0.1) is 22.1 Å². The number of aromatic nitrogens is 2. The number of fused-ring (bicyclic) bond motifs is 6. The molecule has 0 aliphatic rings. The normalized spacial score (nSPS) is 10.9. The van der Waals surface area contributed by atoms with Crippen molar-refractivity contribution in [1.82, 2.24) is 9.13 Å². The molecule has 2 N–H and O–H groups in total. The lowest BCUT2D eigenvalue weighted by molar-refractivity contribution is 0.408. The van der Waals surface area contributed by atoms with Crippen LogP contribution in [0.3, 0.4) is 0 Å². The molecule has 8 rings (SSSR count). The van der Waals surface area contributed by atoms with Crippen LogP contribution in [0.2, 0.25) is 6.32 Å². The highest BCUT2D eigenvalue weighted by molar-refractivity contribution is 6.40. The smallest absolute Gasteiger partial charge is 0.427 e. The molecule has 0 spiro atoms. The van der Waals surface area contributed by atoms with E-state index in [1.165, 1.54) is 66.1 Å². The van der Waals surface area contributed by atoms with E-state index in [0.29, 0.717) is 6.32 Å². The third kappa shape index (κ3) is 6.21. The lowest BCUT2D eigenvalue weighted by Gasteiger charge is -2.07. The van der Waals surface area contributed by atoms with Crippen LogP contribution in [0.1, 0.15) is 25.0 Å². The van der Waals surface area contributed by atoms with Crippen LogP contribution in [-0.4, -0.2) is 26.3 Å². The van der Waals surface area contributed by atoms with Gasteiger partial charge in [-0.15, -0.1) is 0 Å². The maximum Gasteiger partial charge on any atom is 0.451 e. The summed E-state index contributed by atoms with van der Waals surface area (Å²) < 4.78 is 4.69. The SMILES string of the molecule is CCB(O)O.CCc1ccc2c(c1)c1ccccc1n2-c1ccccc1.Cc1ccc2c(c1)c1ccccc1n2-c1ccccc1. The van der Waals surface area contributed by atoms with E-state index in [2.05, 4.69) is 169 Å². The number of rotatable bonds is 4. The van der Waals surface area contributed by atoms with Crippen molar-refractivity contribution in [2.75, 3.05) is 0 Å². The molecule has 2 aromatic heterocycles. The van der Waals surface area contributed by atoms with E-state index in [1.807, 2.05) is 0 Å². The average Bonchev–Trinajstić information content (AvgIpc) is 3.61. The van der Waals surface area contributed by atoms with E-state index < -0.39 is 7.12 Å². The Morgan fingerprint density at radius 3 is 1.37 bits per heavy atom. The predicted octanol–water partition coefficient (Wildman–Crippen LogP) is 9.92. The summed E-state index contributed by atoms with van der Waals surface area (Å²) in [5, 5.41) is 21.1. The molecule has 46 heavy (non-hydrogen) atoms. The van der Waals surface area contributed by atoms with Crippen LogP contribution in [0.5, 0.6) is 0 Å². The lowest BCUT2D eigenvalue weighted by Crippen LogP contribution is -2.06. The van der Waals surface area contributed by atoms with Gasteiger partial charge in [0, 0.05) is 32.9 Å². The van der Waals surface area contributed by atoms with Crippen molar-refractivity contribution in [3.63, 3.8) is 0 Å². The average molecular weight is 603 g/mol. The van der Waals surface area contributed by atoms with Crippen LogP contribution < -0.4 is 0 Å². The Morgan fingerprint density at radius 1 is 0.478 bits per heavy atom. The molecular weight excluding hydrogens is 563 g/mol. The number of para-hydroxylation sites is 4. The van der Waals surface area contributed by atoms with Gasteiger partial charge in [0.1, 0.15) is 0 Å². The van der Waals surface area contributed by atoms with Gasteiger partial charge >= 0.3 is 7.12 Å². The number of hydrogen-bond acceptors (Lipinski definition) is 2. The molecule has 0 unspecified atom stereocenters. The largest absolute Gasteiger partial charge is 0.451 e. The Bertz CT molecular complexity index is 2220. The van der Waals surface area contributed by atoms with Crippen LogP contribution in [-0.2, 0) is 6.42 Å². The first kappa shape index (κ1) is 30.9. The Kier molecular flexibility index (Phi) is 9.34. The second-order valence-corrected chi connectivity index (χ2v) is 11.5. The van der Waals surface area contributed by atoms with Crippen LogP contribution in [0.25, 0.3) is 55.0 Å². The molecular formula is C41H39BN2O2. The Morgan fingerprint density at radius 2 is 0.891 bits per heavy atom. The van der Waals surface area contributed by atoms with Gasteiger partial charge in [-0.25, -0.2) is 0 Å². The molecule has 4 nitrogen and oxygen atoms in total. The number of aryl methyl sites for hydroxylation is 2. The molecule has 6 aromatic carbocycles. The molecule has 2 heterocycles. The van der Waals surface area contributed by atoms with E-state index in [9.17, 15) is 0 Å². The van der Waals surface area contributed by atoms with E-state index in [4.69, 9.17) is 10.0 Å². The quantitative estimate of drug-likeness (QED) is 0.197. The van der Waals surface area contributed by atoms with Gasteiger partial charge in [-0.1, -0.05) is 104 Å². The summed E-state index contributed by atoms with van der Waals surface area (Å²) >= 11 is 0. The monoisotopic (exact) mass is 602 g/mol. The molecule has 0 saturated carbocycles. The molecule has 8 aromatic rings. The molecule has 0 fully saturated rings. The van der Waals surface area contributed by atoms with E-state index >= 15 is 0 Å². The van der Waals surface area contributed by atoms with Crippen molar-refractivity contribution in [3.8, 4) is 11.4 Å². The summed E-state index contributed by atoms with van der Waals surface area (Å²) in [7, 11) is -1.12. The first-order valence-electron chi connectivity index (χ1n) is 16.0. The van der Waals surface area contributed by atoms with Crippen LogP contribution >= 0.6 is 0 Å². The van der Waals surface area contributed by atoms with Crippen molar-refractivity contribution in [2.45, 2.75) is 33.5 Å². The molecule has 0 saturated heterocycles. The predicted molar refractivity (Wildman–Crippen MR) is 196 cm³/mol. The minimum absolute atomic E-state index is 0.417. The fourth-order valence-electron chi connectivity index (χ4n) is 6.04. The van der Waals surface area contributed by atoms with Gasteiger partial charge < -0.3 is 19.2 Å². The number of nitrogens with zero attached hydrogens (tertiary/aromatic N) is 2. The minimum Gasteiger partial charge on any atom is -0.427 e. The summed E-state index contributed by atoms with van der Waals surface area (Å²) in [5.74, 6) is 0. The van der Waals surface area contributed by atoms with E-state index in [1.54, 1.807) is 6.92 Å². The van der Waals surface area contributed by atoms with Crippen molar-refractivity contribution >= 4 is 50.7 Å². The Labute approximate surface area is 270 Å². The van der Waals surface area contributed by atoms with Crippen molar-refractivity contribution in [1.29, 1.82) is 0 Å². The highest BCUT2D eigenvalue weighted by Crippen LogP contribution is 2.33. The Hall–Kier alpha value is -5.10. The van der Waals surface area contributed by atoms with Crippen molar-refractivity contribution in [3.05, 3.63) is 157 Å². The van der Waals surface area contributed by atoms with Gasteiger partial charge in [0.25, 0.3) is 0 Å². The fourth-order valence-corrected chi connectivity index (χ4v) is 6.04. The maximum absolute atomic E-state index is 7.92. The van der Waals surface area contributed by atoms with Crippen molar-refractivity contribution in [2.24, 2.45) is 0 Å². The molecule has 0 radical (unpaired) electrons. The first-order chi connectivity index (χ1) is 22.5. The maximum atomic E-state index is 7.92. The molecule has 0 amide bonds.